The van der Waals surface area contributed by atoms with Gasteiger partial charge in [0.05, 0.1) is 11.4 Å². The fourth-order valence-electron chi connectivity index (χ4n) is 7.27. The molecule has 0 radical (unpaired) electrons. The minimum Gasteiger partial charge on any atom is -0.383 e. The number of H-pyrrole nitrogens is 2. The largest absolute Gasteiger partial charge is 0.383 e. The van der Waals surface area contributed by atoms with Crippen LogP contribution in [0.2, 0.25) is 0 Å². The Balaban J connectivity index is 0.000000150. The van der Waals surface area contributed by atoms with Gasteiger partial charge in [-0.25, -0.2) is 19.9 Å². The Morgan fingerprint density at radius 2 is 1.07 bits per heavy atom. The molecule has 2 saturated carbocycles. The van der Waals surface area contributed by atoms with E-state index in [-0.39, 0.29) is 35.5 Å². The molecule has 58 heavy (non-hydrogen) atoms. The van der Waals surface area contributed by atoms with Crippen LogP contribution in [0, 0.1) is 25.7 Å². The molecule has 0 spiro atoms. The van der Waals surface area contributed by atoms with Crippen molar-refractivity contribution in [2.24, 2.45) is 11.8 Å². The van der Waals surface area contributed by atoms with Crippen LogP contribution in [0.15, 0.2) is 98.1 Å². The number of nitrogens with one attached hydrogen (secondary N) is 4. The van der Waals surface area contributed by atoms with Crippen LogP contribution in [-0.2, 0) is 9.59 Å². The number of hydrogen-bond acceptors (Lipinski definition) is 12. The molecule has 2 fully saturated rings. The summed E-state index contributed by atoms with van der Waals surface area (Å²) in [6, 6.07) is 15.2. The summed E-state index contributed by atoms with van der Waals surface area (Å²) in [5.41, 5.74) is 19.7. The van der Waals surface area contributed by atoms with Gasteiger partial charge in [-0.3, -0.25) is 29.8 Å². The highest BCUT2D eigenvalue weighted by molar-refractivity contribution is 6.00. The first-order valence-corrected chi connectivity index (χ1v) is 18.7. The molecule has 0 saturated heterocycles. The van der Waals surface area contributed by atoms with Gasteiger partial charge in [0.2, 0.25) is 11.8 Å². The molecule has 0 unspecified atom stereocenters. The Kier molecular flexibility index (Phi) is 9.20. The third-order valence-electron chi connectivity index (χ3n) is 10.7. The van der Waals surface area contributed by atoms with E-state index in [0.717, 1.165) is 79.4 Å². The number of amides is 2. The Hall–Kier alpha value is -7.62. The summed E-state index contributed by atoms with van der Waals surface area (Å²) >= 11 is 0. The van der Waals surface area contributed by atoms with Crippen molar-refractivity contribution in [1.82, 2.24) is 50.3 Å². The van der Waals surface area contributed by atoms with Crippen molar-refractivity contribution >= 4 is 56.6 Å². The van der Waals surface area contributed by atoms with E-state index in [1.807, 2.05) is 62.4 Å². The maximum absolute atomic E-state index is 12.6. The number of nitrogens with two attached hydrogens (primary N) is 2. The average molecular weight is 771 g/mol. The van der Waals surface area contributed by atoms with E-state index in [4.69, 9.17) is 11.5 Å². The van der Waals surface area contributed by atoms with Crippen LogP contribution >= 0.6 is 0 Å². The van der Waals surface area contributed by atoms with Crippen LogP contribution in [0.25, 0.3) is 44.1 Å². The van der Waals surface area contributed by atoms with Gasteiger partial charge in [-0.2, -0.15) is 10.2 Å². The minimum atomic E-state index is -0.0657. The molecule has 0 aliphatic heterocycles. The van der Waals surface area contributed by atoms with Crippen LogP contribution in [0.1, 0.15) is 47.2 Å². The maximum Gasteiger partial charge on any atom is 0.229 e. The summed E-state index contributed by atoms with van der Waals surface area (Å²) < 4.78 is 0. The van der Waals surface area contributed by atoms with Crippen LogP contribution in [0.3, 0.4) is 0 Å². The van der Waals surface area contributed by atoms with E-state index in [1.165, 1.54) is 0 Å². The number of rotatable bonds is 8. The fraction of sp³-hybridized carbons (Fsp3) is 0.190. The van der Waals surface area contributed by atoms with E-state index < -0.39 is 0 Å². The second kappa shape index (κ2) is 14.8. The second-order valence-electron chi connectivity index (χ2n) is 14.6. The van der Waals surface area contributed by atoms with Crippen LogP contribution in [0.4, 0.5) is 23.3 Å². The van der Waals surface area contributed by atoms with Gasteiger partial charge in [0.1, 0.15) is 23.3 Å². The molecule has 0 aromatic carbocycles. The number of nitrogens with zero attached hydrogens (tertiary/aromatic N) is 8. The monoisotopic (exact) mass is 770 g/mol. The van der Waals surface area contributed by atoms with Gasteiger partial charge in [0.25, 0.3) is 0 Å². The predicted octanol–water partition coefficient (Wildman–Crippen LogP) is 6.10. The van der Waals surface area contributed by atoms with Crippen molar-refractivity contribution in [1.29, 1.82) is 0 Å². The lowest BCUT2D eigenvalue weighted by Crippen LogP contribution is -2.15. The number of aromatic amines is 2. The molecule has 8 N–H and O–H groups in total. The topological polar surface area (TPSA) is 245 Å². The normalized spacial score (nSPS) is 18.0. The lowest BCUT2D eigenvalue weighted by molar-refractivity contribution is -0.118. The van der Waals surface area contributed by atoms with E-state index in [1.54, 1.807) is 49.6 Å². The highest BCUT2D eigenvalue weighted by atomic mass is 16.2. The van der Waals surface area contributed by atoms with Crippen molar-refractivity contribution in [3.05, 3.63) is 121 Å². The molecule has 8 aromatic rings. The van der Waals surface area contributed by atoms with E-state index in [0.29, 0.717) is 23.3 Å². The quantitative estimate of drug-likeness (QED) is 0.103. The molecular weight excluding hydrogens is 733 g/mol. The molecule has 16 nitrogen and oxygen atoms in total. The van der Waals surface area contributed by atoms with Crippen molar-refractivity contribution in [3.8, 4) is 22.5 Å². The first kappa shape index (κ1) is 36.0. The molecule has 2 aliphatic carbocycles. The third kappa shape index (κ3) is 7.25. The van der Waals surface area contributed by atoms with E-state index in [9.17, 15) is 9.59 Å². The first-order chi connectivity index (χ1) is 28.2. The number of carbonyl (C=O) groups excluding carboxylic acids is 2. The Labute approximate surface area is 331 Å². The molecule has 2 amide bonds. The van der Waals surface area contributed by atoms with Crippen molar-refractivity contribution in [3.63, 3.8) is 0 Å². The molecule has 288 valence electrons. The summed E-state index contributed by atoms with van der Waals surface area (Å²) in [6.07, 6.45) is 15.3. The molecule has 8 heterocycles. The lowest BCUT2D eigenvalue weighted by atomic mass is 10.1. The zero-order valence-electron chi connectivity index (χ0n) is 31.5. The van der Waals surface area contributed by atoms with Gasteiger partial charge >= 0.3 is 0 Å². The molecule has 8 aromatic heterocycles. The van der Waals surface area contributed by atoms with Crippen molar-refractivity contribution < 1.29 is 9.59 Å². The number of fused-ring (bicyclic) bond motifs is 2. The molecule has 2 aliphatic rings. The standard InChI is InChI=1S/2C21H19N7O/c2*1-11-2-4-23-9-15(11)18-6-12-7-19(24-10-16(12)20(22)26-18)27-21(29)14-8-13(14)17-3-5-25-28-17/h2*2-7,9-10,13-14H,8H2,1H3,(H2,22,26)(H,25,28)(H,24,27,29)/t2*13-,14-/m10/s1. The zero-order valence-corrected chi connectivity index (χ0v) is 31.5. The number of carbonyl (C=O) groups is 2. The highest BCUT2D eigenvalue weighted by Crippen LogP contribution is 2.48. The number of nitrogen functional groups attached to an aromatic ring is 2. The Morgan fingerprint density at radius 3 is 1.47 bits per heavy atom. The van der Waals surface area contributed by atoms with Gasteiger partial charge in [-0.05, 0) is 97.1 Å². The van der Waals surface area contributed by atoms with Gasteiger partial charge < -0.3 is 22.1 Å². The molecular formula is C42H38N14O2. The van der Waals surface area contributed by atoms with Crippen LogP contribution in [-0.4, -0.2) is 62.1 Å². The average Bonchev–Trinajstić information content (AvgIpc) is 4.06. The molecule has 4 atom stereocenters. The van der Waals surface area contributed by atoms with Gasteiger partial charge in [-0.1, -0.05) is 0 Å². The van der Waals surface area contributed by atoms with Crippen molar-refractivity contribution in [2.45, 2.75) is 38.5 Å². The van der Waals surface area contributed by atoms with Gasteiger partial charge in [0, 0.05) is 107 Å². The summed E-state index contributed by atoms with van der Waals surface area (Å²) in [4.78, 5) is 51.2. The SMILES string of the molecule is Cc1ccncc1-c1cc2cc(NC(=O)[C@@H]3C[C@H]3c3ccn[nH]3)ncc2c(N)n1.Cc1ccncc1-c1cc2cc(NC(=O)[C@H]3C[C@@H]3c3ccn[nH]3)ncc2c(N)n1. The van der Waals surface area contributed by atoms with E-state index in [2.05, 4.69) is 60.9 Å². The first-order valence-electron chi connectivity index (χ1n) is 18.7. The fourth-order valence-corrected chi connectivity index (χ4v) is 7.27. The summed E-state index contributed by atoms with van der Waals surface area (Å²) in [5, 5.41) is 22.8. The third-order valence-corrected chi connectivity index (χ3v) is 10.7. The Bertz CT molecular complexity index is 2630. The number of aryl methyl sites for hydroxylation is 2. The maximum atomic E-state index is 12.6. The summed E-state index contributed by atoms with van der Waals surface area (Å²) in [6.45, 7) is 4.01. The van der Waals surface area contributed by atoms with E-state index >= 15 is 0 Å². The molecule has 10 rings (SSSR count). The number of pyridine rings is 6. The smallest absolute Gasteiger partial charge is 0.229 e. The minimum absolute atomic E-state index is 0.0400. The molecule has 0 bridgehead atoms. The van der Waals surface area contributed by atoms with Crippen LogP contribution in [0.5, 0.6) is 0 Å². The summed E-state index contributed by atoms with van der Waals surface area (Å²) in [7, 11) is 0. The lowest BCUT2D eigenvalue weighted by Gasteiger charge is -2.10. The zero-order chi connectivity index (χ0) is 39.9. The van der Waals surface area contributed by atoms with Gasteiger partial charge in [-0.15, -0.1) is 0 Å². The summed E-state index contributed by atoms with van der Waals surface area (Å²) in [5.74, 6) is 1.96. The molecule has 16 heteroatoms. The Morgan fingerprint density at radius 1 is 0.621 bits per heavy atom. The predicted molar refractivity (Wildman–Crippen MR) is 220 cm³/mol. The van der Waals surface area contributed by atoms with Crippen LogP contribution < -0.4 is 22.1 Å². The number of aromatic nitrogens is 10. The van der Waals surface area contributed by atoms with Crippen molar-refractivity contribution in [2.75, 3.05) is 22.1 Å². The van der Waals surface area contributed by atoms with Gasteiger partial charge in [0.15, 0.2) is 0 Å². The highest BCUT2D eigenvalue weighted by Gasteiger charge is 2.45. The second-order valence-corrected chi connectivity index (χ2v) is 14.6. The number of anilines is 4. The number of hydrogen-bond donors (Lipinski definition) is 6.